The lowest BCUT2D eigenvalue weighted by Gasteiger charge is -2.30. The number of ether oxygens (including phenoxy) is 1. The lowest BCUT2D eigenvalue weighted by molar-refractivity contribution is -0.274. The molecule has 1 saturated heterocycles. The first-order chi connectivity index (χ1) is 12.7. The first-order valence-electron chi connectivity index (χ1n) is 9.07. The molecular formula is C19H29F3N4O. The number of guanidine groups is 1. The van der Waals surface area contributed by atoms with Gasteiger partial charge in [0.1, 0.15) is 5.75 Å². The molecular weight excluding hydrogens is 357 g/mol. The van der Waals surface area contributed by atoms with Crippen molar-refractivity contribution in [2.24, 2.45) is 15.7 Å². The van der Waals surface area contributed by atoms with E-state index in [2.05, 4.69) is 26.5 Å². The Morgan fingerprint density at radius 1 is 1.26 bits per heavy atom. The summed E-state index contributed by atoms with van der Waals surface area (Å²) < 4.78 is 38.5. The molecule has 2 rings (SSSR count). The zero-order valence-corrected chi connectivity index (χ0v) is 16.2. The molecule has 0 atom stereocenters. The van der Waals surface area contributed by atoms with E-state index in [0.29, 0.717) is 6.04 Å². The van der Waals surface area contributed by atoms with Gasteiger partial charge < -0.3 is 15.4 Å². The molecule has 0 spiro atoms. The average Bonchev–Trinajstić information content (AvgIpc) is 2.61. The summed E-state index contributed by atoms with van der Waals surface area (Å²) in [4.78, 5) is 10.8. The molecule has 1 aliphatic heterocycles. The molecule has 1 fully saturated rings. The molecule has 0 aromatic heterocycles. The van der Waals surface area contributed by atoms with Crippen LogP contribution in [0.4, 0.5) is 13.2 Å². The summed E-state index contributed by atoms with van der Waals surface area (Å²) in [6.07, 6.45) is 1.59. The Labute approximate surface area is 159 Å². The number of piperidine rings is 1. The van der Waals surface area contributed by atoms with Gasteiger partial charge in [-0.15, -0.1) is 13.2 Å². The van der Waals surface area contributed by atoms with E-state index in [0.717, 1.165) is 50.3 Å². The Bertz CT molecular complexity index is 592. The highest BCUT2D eigenvalue weighted by molar-refractivity contribution is 5.87. The van der Waals surface area contributed by atoms with Gasteiger partial charge in [0, 0.05) is 32.4 Å². The number of nitrogens with zero attached hydrogens (tertiary/aromatic N) is 3. The fourth-order valence-electron chi connectivity index (χ4n) is 2.40. The van der Waals surface area contributed by atoms with Crippen LogP contribution in [0.3, 0.4) is 0 Å². The number of rotatable bonds is 3. The van der Waals surface area contributed by atoms with E-state index in [9.17, 15) is 13.2 Å². The van der Waals surface area contributed by atoms with Crippen molar-refractivity contribution in [3.63, 3.8) is 0 Å². The van der Waals surface area contributed by atoms with Gasteiger partial charge in [-0.05, 0) is 38.3 Å². The molecule has 1 heterocycles. The van der Waals surface area contributed by atoms with Crippen LogP contribution in [-0.2, 0) is 0 Å². The van der Waals surface area contributed by atoms with Crippen molar-refractivity contribution in [1.29, 1.82) is 0 Å². The summed E-state index contributed by atoms with van der Waals surface area (Å²) in [5.41, 5.74) is 6.75. The number of hydrogen-bond donors (Lipinski definition) is 1. The molecule has 0 unspecified atom stereocenters. The van der Waals surface area contributed by atoms with Gasteiger partial charge in [-0.2, -0.15) is 0 Å². The quantitative estimate of drug-likeness (QED) is 0.627. The second kappa shape index (κ2) is 11.6. The van der Waals surface area contributed by atoms with Gasteiger partial charge >= 0.3 is 6.36 Å². The molecule has 152 valence electrons. The maximum absolute atomic E-state index is 11.6. The number of hydrogen-bond acceptors (Lipinski definition) is 3. The number of aryl methyl sites for hydroxylation is 1. The van der Waals surface area contributed by atoms with Crippen LogP contribution in [0.15, 0.2) is 34.3 Å². The van der Waals surface area contributed by atoms with Crippen molar-refractivity contribution in [1.82, 2.24) is 4.90 Å². The van der Waals surface area contributed by atoms with Gasteiger partial charge in [-0.25, -0.2) is 4.99 Å². The molecule has 0 amide bonds. The zero-order valence-electron chi connectivity index (χ0n) is 16.2. The highest BCUT2D eigenvalue weighted by Gasteiger charge is 2.30. The van der Waals surface area contributed by atoms with Gasteiger partial charge in [0.15, 0.2) is 0 Å². The largest absolute Gasteiger partial charge is 0.573 e. The zero-order chi connectivity index (χ0) is 20.3. The first kappa shape index (κ1) is 23.0. The third-order valence-corrected chi connectivity index (χ3v) is 3.90. The minimum absolute atomic E-state index is 0.187. The maximum Gasteiger partial charge on any atom is 0.573 e. The Hall–Kier alpha value is -2.09. The number of alkyl halides is 3. The Morgan fingerprint density at radius 3 is 2.33 bits per heavy atom. The van der Waals surface area contributed by atoms with Crippen LogP contribution < -0.4 is 10.5 Å². The lowest BCUT2D eigenvalue weighted by Crippen LogP contribution is -2.42. The van der Waals surface area contributed by atoms with Crippen LogP contribution in [0, 0.1) is 6.92 Å². The predicted molar refractivity (Wildman–Crippen MR) is 103 cm³/mol. The molecule has 5 nitrogen and oxygen atoms in total. The van der Waals surface area contributed by atoms with Crippen molar-refractivity contribution in [3.8, 4) is 5.75 Å². The van der Waals surface area contributed by atoms with Gasteiger partial charge in [0.2, 0.25) is 5.96 Å². The monoisotopic (exact) mass is 386 g/mol. The number of nitrogens with two attached hydrogens (primary N) is 1. The van der Waals surface area contributed by atoms with Gasteiger partial charge in [-0.1, -0.05) is 31.0 Å². The summed E-state index contributed by atoms with van der Waals surface area (Å²) in [5, 5.41) is 0. The molecule has 8 heteroatoms. The maximum atomic E-state index is 11.6. The number of halogens is 3. The van der Waals surface area contributed by atoms with Crippen molar-refractivity contribution < 1.29 is 17.9 Å². The third kappa shape index (κ3) is 9.98. The van der Waals surface area contributed by atoms with E-state index in [4.69, 9.17) is 5.73 Å². The van der Waals surface area contributed by atoms with Crippen LogP contribution in [-0.4, -0.2) is 49.6 Å². The van der Waals surface area contributed by atoms with E-state index >= 15 is 0 Å². The molecule has 0 radical (unpaired) electrons. The highest BCUT2D eigenvalue weighted by atomic mass is 19.4. The number of benzene rings is 1. The fraction of sp³-hybridized carbons (Fsp3) is 0.579. The van der Waals surface area contributed by atoms with E-state index in [1.807, 2.05) is 6.21 Å². The summed E-state index contributed by atoms with van der Waals surface area (Å²) >= 11 is 0. The van der Waals surface area contributed by atoms with Crippen molar-refractivity contribution in [2.75, 3.05) is 20.1 Å². The van der Waals surface area contributed by atoms with Crippen molar-refractivity contribution >= 4 is 12.2 Å². The molecule has 0 saturated carbocycles. The van der Waals surface area contributed by atoms with Crippen LogP contribution in [0.5, 0.6) is 5.75 Å². The minimum atomic E-state index is -4.60. The minimum Gasteiger partial charge on any atom is -0.406 e. The molecule has 1 aromatic carbocycles. The lowest BCUT2D eigenvalue weighted by atomic mass is 10.1. The average molecular weight is 386 g/mol. The van der Waals surface area contributed by atoms with Gasteiger partial charge in [-0.3, -0.25) is 4.99 Å². The summed E-state index contributed by atoms with van der Waals surface area (Å²) in [6.45, 7) is 5.90. The third-order valence-electron chi connectivity index (χ3n) is 3.90. The van der Waals surface area contributed by atoms with Crippen molar-refractivity contribution in [3.05, 3.63) is 29.8 Å². The second-order valence-electron chi connectivity index (χ2n) is 6.31. The molecule has 1 aromatic rings. The number of unbranched alkanes of at least 4 members (excludes halogenated alkanes) is 1. The smallest absolute Gasteiger partial charge is 0.406 e. The summed E-state index contributed by atoms with van der Waals surface area (Å²) in [6, 6.07) is 6.03. The Morgan fingerprint density at radius 2 is 1.85 bits per heavy atom. The highest BCUT2D eigenvalue weighted by Crippen LogP contribution is 2.22. The van der Waals surface area contributed by atoms with Gasteiger partial charge in [0.25, 0.3) is 0 Å². The first-order valence-corrected chi connectivity index (χ1v) is 9.07. The molecule has 2 N–H and O–H groups in total. The second-order valence-corrected chi connectivity index (χ2v) is 6.31. The normalized spacial score (nSPS) is 16.3. The van der Waals surface area contributed by atoms with Crippen LogP contribution in [0.1, 0.15) is 38.2 Å². The van der Waals surface area contributed by atoms with Gasteiger partial charge in [0.05, 0.1) is 0 Å². The molecule has 1 aliphatic rings. The summed E-state index contributed by atoms with van der Waals surface area (Å²) in [7, 11) is 1.80. The number of likely N-dealkylation sites (tertiary alicyclic amines) is 1. The predicted octanol–water partition coefficient (Wildman–Crippen LogP) is 4.16. The number of aliphatic imine (C=N–C) groups is 2. The van der Waals surface area contributed by atoms with E-state index in [1.54, 1.807) is 26.1 Å². The topological polar surface area (TPSA) is 63.2 Å². The van der Waals surface area contributed by atoms with E-state index in [1.165, 1.54) is 12.1 Å². The standard InChI is InChI=1S/C11H22N4.C8H7F3O/c1-3-4-7-14-11(13-2)15-8-5-10(12)6-9-15;1-6-2-4-7(5-3-6)12-8(9,10)11/h7,10H,3-6,8-9,12H2,1-2H3;2-5H,1H3/b13-11?,14-7-;. The molecule has 27 heavy (non-hydrogen) atoms. The Kier molecular flexibility index (Phi) is 9.85. The Balaban J connectivity index is 0.000000277. The van der Waals surface area contributed by atoms with E-state index < -0.39 is 6.36 Å². The molecule has 0 bridgehead atoms. The van der Waals surface area contributed by atoms with Crippen molar-refractivity contribution in [2.45, 2.75) is 51.9 Å². The summed E-state index contributed by atoms with van der Waals surface area (Å²) in [5.74, 6) is 0.670. The fourth-order valence-corrected chi connectivity index (χ4v) is 2.40. The van der Waals surface area contributed by atoms with Crippen LogP contribution in [0.25, 0.3) is 0 Å². The van der Waals surface area contributed by atoms with Crippen LogP contribution >= 0.6 is 0 Å². The van der Waals surface area contributed by atoms with E-state index in [-0.39, 0.29) is 5.75 Å². The SMILES string of the molecule is CCC/C=N\C(=NC)N1CCC(N)CC1.Cc1ccc(OC(F)(F)F)cc1. The van der Waals surface area contributed by atoms with Crippen LogP contribution in [0.2, 0.25) is 0 Å². The molecule has 0 aliphatic carbocycles.